The summed E-state index contributed by atoms with van der Waals surface area (Å²) in [5.74, 6) is 0.601. The van der Waals surface area contributed by atoms with Gasteiger partial charge in [-0.2, -0.15) is 0 Å². The lowest BCUT2D eigenvalue weighted by molar-refractivity contribution is 0.110. The minimum absolute atomic E-state index is 0.388. The lowest BCUT2D eigenvalue weighted by Crippen LogP contribution is -2.06. The van der Waals surface area contributed by atoms with Crippen LogP contribution in [0.1, 0.15) is 6.92 Å². The molecule has 1 aromatic heterocycles. The van der Waals surface area contributed by atoms with Crippen molar-refractivity contribution in [1.82, 2.24) is 4.98 Å². The Morgan fingerprint density at radius 1 is 1.46 bits per heavy atom. The third kappa shape index (κ3) is 3.61. The molecule has 0 radical (unpaired) electrons. The summed E-state index contributed by atoms with van der Waals surface area (Å²) in [5.41, 5.74) is 0. The number of hydrogen-bond acceptors (Lipinski definition) is 3. The molecule has 0 saturated heterocycles. The first-order valence-corrected chi connectivity index (χ1v) is 4.53. The van der Waals surface area contributed by atoms with Crippen molar-refractivity contribution in [3.63, 3.8) is 0 Å². The molecule has 4 heteroatoms. The van der Waals surface area contributed by atoms with Gasteiger partial charge in [0, 0.05) is 12.8 Å². The molecule has 0 bridgehead atoms. The zero-order chi connectivity index (χ0) is 9.52. The predicted molar refractivity (Wildman–Crippen MR) is 51.2 cm³/mol. The molecule has 0 spiro atoms. The molecule has 0 amide bonds. The maximum atomic E-state index is 5.76. The Morgan fingerprint density at radius 3 is 3.00 bits per heavy atom. The van der Waals surface area contributed by atoms with Gasteiger partial charge in [0.25, 0.3) is 0 Å². The van der Waals surface area contributed by atoms with E-state index in [1.807, 2.05) is 6.92 Å². The van der Waals surface area contributed by atoms with Crippen LogP contribution >= 0.6 is 11.6 Å². The highest BCUT2D eigenvalue weighted by Crippen LogP contribution is 2.19. The fraction of sp³-hybridized carbons (Fsp3) is 0.444. The topological polar surface area (TPSA) is 31.4 Å². The number of halogens is 1. The minimum Gasteiger partial charge on any atom is -0.488 e. The fourth-order valence-corrected chi connectivity index (χ4v) is 1.01. The highest BCUT2D eigenvalue weighted by atomic mass is 35.5. The van der Waals surface area contributed by atoms with Gasteiger partial charge in [-0.15, -0.1) is 0 Å². The second kappa shape index (κ2) is 5.78. The molecule has 0 fully saturated rings. The number of ether oxygens (including phenoxy) is 2. The third-order valence-corrected chi connectivity index (χ3v) is 1.70. The summed E-state index contributed by atoms with van der Waals surface area (Å²) in [5, 5.41) is 0.388. The normalized spacial score (nSPS) is 10.0. The Morgan fingerprint density at radius 2 is 2.31 bits per heavy atom. The van der Waals surface area contributed by atoms with Gasteiger partial charge in [0.2, 0.25) is 0 Å². The van der Waals surface area contributed by atoms with E-state index in [4.69, 9.17) is 21.1 Å². The van der Waals surface area contributed by atoms with E-state index in [-0.39, 0.29) is 0 Å². The van der Waals surface area contributed by atoms with Crippen LogP contribution in [0.25, 0.3) is 0 Å². The van der Waals surface area contributed by atoms with Crippen molar-refractivity contribution in [3.8, 4) is 5.75 Å². The van der Waals surface area contributed by atoms with Gasteiger partial charge >= 0.3 is 0 Å². The Bertz CT molecular complexity index is 255. The Labute approximate surface area is 82.6 Å². The van der Waals surface area contributed by atoms with Gasteiger partial charge in [-0.3, -0.25) is 0 Å². The lowest BCUT2D eigenvalue weighted by atomic mass is 10.5. The molecule has 0 aliphatic heterocycles. The van der Waals surface area contributed by atoms with Crippen LogP contribution in [0.3, 0.4) is 0 Å². The van der Waals surface area contributed by atoms with Gasteiger partial charge in [-0.25, -0.2) is 4.98 Å². The van der Waals surface area contributed by atoms with E-state index >= 15 is 0 Å². The smallest absolute Gasteiger partial charge is 0.171 e. The maximum absolute atomic E-state index is 5.76. The van der Waals surface area contributed by atoms with Crippen molar-refractivity contribution >= 4 is 11.6 Å². The quantitative estimate of drug-likeness (QED) is 0.541. The zero-order valence-corrected chi connectivity index (χ0v) is 8.25. The lowest BCUT2D eigenvalue weighted by Gasteiger charge is -2.06. The van der Waals surface area contributed by atoms with Crippen LogP contribution in [0.5, 0.6) is 5.75 Å². The summed E-state index contributed by atoms with van der Waals surface area (Å²) in [6.07, 6.45) is 1.62. The molecule has 0 aromatic carbocycles. The third-order valence-electron chi connectivity index (χ3n) is 1.41. The number of hydrogen-bond donors (Lipinski definition) is 0. The zero-order valence-electron chi connectivity index (χ0n) is 7.50. The summed E-state index contributed by atoms with van der Waals surface area (Å²) >= 11 is 5.76. The average molecular weight is 202 g/mol. The van der Waals surface area contributed by atoms with Crippen molar-refractivity contribution in [2.75, 3.05) is 19.8 Å². The summed E-state index contributed by atoms with van der Waals surface area (Å²) in [7, 11) is 0. The molecule has 0 aliphatic rings. The van der Waals surface area contributed by atoms with E-state index in [2.05, 4.69) is 4.98 Å². The van der Waals surface area contributed by atoms with Crippen molar-refractivity contribution in [1.29, 1.82) is 0 Å². The number of aromatic nitrogens is 1. The molecule has 1 heterocycles. The Balaban J connectivity index is 2.32. The average Bonchev–Trinajstić information content (AvgIpc) is 2.15. The molecule has 0 saturated carbocycles. The highest BCUT2D eigenvalue weighted by Gasteiger charge is 1.99. The molecular weight excluding hydrogens is 190 g/mol. The molecular formula is C9H12ClNO2. The molecule has 1 aromatic rings. The standard InChI is InChI=1S/C9H12ClNO2/c1-2-12-6-7-13-8-4-3-5-11-9(8)10/h3-5H,2,6-7H2,1H3. The van der Waals surface area contributed by atoms with Crippen molar-refractivity contribution in [3.05, 3.63) is 23.5 Å². The largest absolute Gasteiger partial charge is 0.488 e. The molecule has 13 heavy (non-hydrogen) atoms. The molecule has 0 N–H and O–H groups in total. The van der Waals surface area contributed by atoms with E-state index in [1.165, 1.54) is 0 Å². The van der Waals surface area contributed by atoms with Gasteiger partial charge in [-0.1, -0.05) is 11.6 Å². The molecule has 0 atom stereocenters. The van der Waals surface area contributed by atoms with E-state index in [0.29, 0.717) is 30.7 Å². The number of rotatable bonds is 5. The predicted octanol–water partition coefficient (Wildman–Crippen LogP) is 2.15. The van der Waals surface area contributed by atoms with Gasteiger partial charge in [0.1, 0.15) is 6.61 Å². The first kappa shape index (κ1) is 10.3. The van der Waals surface area contributed by atoms with Crippen LogP contribution in [0.4, 0.5) is 0 Å². The van der Waals surface area contributed by atoms with Gasteiger partial charge in [-0.05, 0) is 19.1 Å². The van der Waals surface area contributed by atoms with Crippen LogP contribution < -0.4 is 4.74 Å². The number of pyridine rings is 1. The molecule has 0 aliphatic carbocycles. The molecule has 1 rings (SSSR count). The van der Waals surface area contributed by atoms with Gasteiger partial charge < -0.3 is 9.47 Å². The summed E-state index contributed by atoms with van der Waals surface area (Å²) < 4.78 is 10.4. The summed E-state index contributed by atoms with van der Waals surface area (Å²) in [6.45, 7) is 3.71. The van der Waals surface area contributed by atoms with Crippen molar-refractivity contribution in [2.45, 2.75) is 6.92 Å². The minimum atomic E-state index is 0.388. The Kier molecular flexibility index (Phi) is 4.57. The summed E-state index contributed by atoms with van der Waals surface area (Å²) in [6, 6.07) is 3.56. The van der Waals surface area contributed by atoms with Crippen LogP contribution in [-0.2, 0) is 4.74 Å². The van der Waals surface area contributed by atoms with Crippen molar-refractivity contribution in [2.24, 2.45) is 0 Å². The van der Waals surface area contributed by atoms with E-state index in [1.54, 1.807) is 18.3 Å². The van der Waals surface area contributed by atoms with Gasteiger partial charge in [0.05, 0.1) is 6.61 Å². The molecule has 3 nitrogen and oxygen atoms in total. The fourth-order valence-electron chi connectivity index (χ4n) is 0.834. The monoisotopic (exact) mass is 201 g/mol. The van der Waals surface area contributed by atoms with Crippen LogP contribution in [0.15, 0.2) is 18.3 Å². The number of nitrogens with zero attached hydrogens (tertiary/aromatic N) is 1. The van der Waals surface area contributed by atoms with E-state index in [0.717, 1.165) is 0 Å². The molecule has 72 valence electrons. The van der Waals surface area contributed by atoms with Crippen molar-refractivity contribution < 1.29 is 9.47 Å². The molecule has 0 unspecified atom stereocenters. The highest BCUT2D eigenvalue weighted by molar-refractivity contribution is 6.30. The van der Waals surface area contributed by atoms with E-state index in [9.17, 15) is 0 Å². The van der Waals surface area contributed by atoms with Crippen LogP contribution in [-0.4, -0.2) is 24.8 Å². The van der Waals surface area contributed by atoms with Crippen LogP contribution in [0, 0.1) is 0 Å². The second-order valence-corrected chi connectivity index (χ2v) is 2.70. The summed E-state index contributed by atoms with van der Waals surface area (Å²) in [4.78, 5) is 3.88. The first-order chi connectivity index (χ1) is 6.34. The second-order valence-electron chi connectivity index (χ2n) is 2.34. The Hall–Kier alpha value is -0.800. The van der Waals surface area contributed by atoms with E-state index < -0.39 is 0 Å². The SMILES string of the molecule is CCOCCOc1cccnc1Cl. The van der Waals surface area contributed by atoms with Crippen LogP contribution in [0.2, 0.25) is 5.15 Å². The maximum Gasteiger partial charge on any atom is 0.171 e. The first-order valence-electron chi connectivity index (χ1n) is 4.15. The van der Waals surface area contributed by atoms with Gasteiger partial charge in [0.15, 0.2) is 10.9 Å².